The molecule has 0 saturated carbocycles. The standard InChI is InChI=1S/C17H23N3O4S2/c1-14-18-17(12-19(14)2)26(23,24)20-10-8-16(9-11-20)25(21,22)13-15-6-4-3-5-7-15/h3-7,12,16H,8-11,13H2,1-2H3. The second-order valence-corrected chi connectivity index (χ2v) is 10.8. The number of sulfonamides is 1. The molecule has 0 unspecified atom stereocenters. The number of benzene rings is 1. The van der Waals surface area contributed by atoms with Gasteiger partial charge < -0.3 is 4.57 Å². The number of rotatable bonds is 5. The van der Waals surface area contributed by atoms with E-state index in [0.717, 1.165) is 5.56 Å². The Morgan fingerprint density at radius 1 is 1.08 bits per heavy atom. The molecule has 1 aliphatic heterocycles. The van der Waals surface area contributed by atoms with Crippen molar-refractivity contribution in [3.63, 3.8) is 0 Å². The molecule has 1 saturated heterocycles. The van der Waals surface area contributed by atoms with Crippen LogP contribution in [-0.4, -0.2) is 49.0 Å². The Hall–Kier alpha value is -1.71. The number of nitrogens with zero attached hydrogens (tertiary/aromatic N) is 3. The zero-order chi connectivity index (χ0) is 18.9. The number of piperidine rings is 1. The van der Waals surface area contributed by atoms with Crippen molar-refractivity contribution in [1.29, 1.82) is 0 Å². The Balaban J connectivity index is 1.69. The van der Waals surface area contributed by atoms with Crippen molar-refractivity contribution in [2.45, 2.75) is 35.8 Å². The van der Waals surface area contributed by atoms with Crippen LogP contribution in [-0.2, 0) is 32.7 Å². The Kier molecular flexibility index (Phi) is 5.23. The van der Waals surface area contributed by atoms with E-state index in [1.54, 1.807) is 30.7 Å². The Bertz CT molecular complexity index is 955. The summed E-state index contributed by atoms with van der Waals surface area (Å²) in [5.74, 6) is 0.605. The summed E-state index contributed by atoms with van der Waals surface area (Å²) in [6, 6.07) is 9.06. The van der Waals surface area contributed by atoms with Gasteiger partial charge >= 0.3 is 0 Å². The summed E-state index contributed by atoms with van der Waals surface area (Å²) < 4.78 is 53.7. The van der Waals surface area contributed by atoms with Crippen LogP contribution in [0.2, 0.25) is 0 Å². The second kappa shape index (κ2) is 7.13. The van der Waals surface area contributed by atoms with Gasteiger partial charge in [0.15, 0.2) is 14.9 Å². The number of hydrogen-bond donors (Lipinski definition) is 0. The van der Waals surface area contributed by atoms with Crippen molar-refractivity contribution >= 4 is 19.9 Å². The zero-order valence-electron chi connectivity index (χ0n) is 14.9. The maximum Gasteiger partial charge on any atom is 0.262 e. The molecule has 26 heavy (non-hydrogen) atoms. The average Bonchev–Trinajstić information content (AvgIpc) is 2.95. The zero-order valence-corrected chi connectivity index (χ0v) is 16.5. The Morgan fingerprint density at radius 3 is 2.23 bits per heavy atom. The molecule has 0 atom stereocenters. The third kappa shape index (κ3) is 3.84. The van der Waals surface area contributed by atoms with E-state index in [-0.39, 0.29) is 23.9 Å². The lowest BCUT2D eigenvalue weighted by Crippen LogP contribution is -2.42. The first-order valence-corrected chi connectivity index (χ1v) is 11.6. The molecule has 0 spiro atoms. The van der Waals surface area contributed by atoms with Crippen LogP contribution in [0, 0.1) is 6.92 Å². The van der Waals surface area contributed by atoms with Crippen LogP contribution >= 0.6 is 0 Å². The molecule has 0 aliphatic carbocycles. The van der Waals surface area contributed by atoms with E-state index < -0.39 is 25.1 Å². The highest BCUT2D eigenvalue weighted by molar-refractivity contribution is 7.91. The van der Waals surface area contributed by atoms with Gasteiger partial charge in [0.05, 0.1) is 11.0 Å². The summed E-state index contributed by atoms with van der Waals surface area (Å²) in [5, 5.41) is -0.497. The van der Waals surface area contributed by atoms with Crippen molar-refractivity contribution in [1.82, 2.24) is 13.9 Å². The third-order valence-electron chi connectivity index (χ3n) is 4.81. The van der Waals surface area contributed by atoms with Crippen molar-refractivity contribution in [3.05, 3.63) is 47.9 Å². The number of aryl methyl sites for hydroxylation is 2. The van der Waals surface area contributed by atoms with Crippen molar-refractivity contribution < 1.29 is 16.8 Å². The highest BCUT2D eigenvalue weighted by atomic mass is 32.2. The average molecular weight is 398 g/mol. The fourth-order valence-corrected chi connectivity index (χ4v) is 6.46. The maximum atomic E-state index is 12.7. The number of hydrogen-bond acceptors (Lipinski definition) is 5. The van der Waals surface area contributed by atoms with Crippen LogP contribution in [0.25, 0.3) is 0 Å². The molecule has 7 nitrogen and oxygen atoms in total. The maximum absolute atomic E-state index is 12.7. The van der Waals surface area contributed by atoms with Gasteiger partial charge in [-0.2, -0.15) is 4.31 Å². The highest BCUT2D eigenvalue weighted by Crippen LogP contribution is 2.25. The summed E-state index contributed by atoms with van der Waals surface area (Å²) in [6.45, 7) is 2.12. The van der Waals surface area contributed by atoms with Gasteiger partial charge in [0.25, 0.3) is 10.0 Å². The summed E-state index contributed by atoms with van der Waals surface area (Å²) in [6.07, 6.45) is 2.10. The number of imidazole rings is 1. The molecule has 2 aromatic rings. The normalized spacial score (nSPS) is 17.5. The smallest absolute Gasteiger partial charge is 0.262 e. The van der Waals surface area contributed by atoms with E-state index >= 15 is 0 Å². The minimum Gasteiger partial charge on any atom is -0.337 e. The van der Waals surface area contributed by atoms with Gasteiger partial charge in [0, 0.05) is 26.3 Å². The summed E-state index contributed by atoms with van der Waals surface area (Å²) in [5.41, 5.74) is 0.756. The van der Waals surface area contributed by atoms with E-state index in [0.29, 0.717) is 18.7 Å². The molecule has 0 bridgehead atoms. The molecule has 1 aliphatic rings. The van der Waals surface area contributed by atoms with Gasteiger partial charge in [-0.05, 0) is 25.3 Å². The van der Waals surface area contributed by atoms with E-state index in [9.17, 15) is 16.8 Å². The van der Waals surface area contributed by atoms with Crippen LogP contribution in [0.4, 0.5) is 0 Å². The highest BCUT2D eigenvalue weighted by Gasteiger charge is 2.35. The molecule has 0 N–H and O–H groups in total. The van der Waals surface area contributed by atoms with Crippen LogP contribution in [0.15, 0.2) is 41.6 Å². The predicted molar refractivity (Wildman–Crippen MR) is 98.8 cm³/mol. The van der Waals surface area contributed by atoms with Crippen molar-refractivity contribution in [2.75, 3.05) is 13.1 Å². The first kappa shape index (κ1) is 19.1. The SMILES string of the molecule is Cc1nc(S(=O)(=O)N2CCC(S(=O)(=O)Cc3ccccc3)CC2)cn1C. The van der Waals surface area contributed by atoms with Crippen molar-refractivity contribution in [2.24, 2.45) is 7.05 Å². The summed E-state index contributed by atoms with van der Waals surface area (Å²) >= 11 is 0. The quantitative estimate of drug-likeness (QED) is 0.763. The minimum absolute atomic E-state index is 0.00923. The first-order chi connectivity index (χ1) is 12.2. The third-order valence-corrected chi connectivity index (χ3v) is 8.80. The predicted octanol–water partition coefficient (Wildman–Crippen LogP) is 1.50. The second-order valence-electron chi connectivity index (χ2n) is 6.63. The number of sulfone groups is 1. The van der Waals surface area contributed by atoms with Gasteiger partial charge in [-0.1, -0.05) is 30.3 Å². The summed E-state index contributed by atoms with van der Waals surface area (Å²) in [7, 11) is -5.26. The van der Waals surface area contributed by atoms with Gasteiger partial charge in [-0.15, -0.1) is 0 Å². The van der Waals surface area contributed by atoms with Gasteiger partial charge in [-0.25, -0.2) is 21.8 Å². The van der Waals surface area contributed by atoms with E-state index in [4.69, 9.17) is 0 Å². The largest absolute Gasteiger partial charge is 0.337 e. The molecule has 3 rings (SSSR count). The molecular weight excluding hydrogens is 374 g/mol. The van der Waals surface area contributed by atoms with Crippen LogP contribution in [0.1, 0.15) is 24.2 Å². The fraction of sp³-hybridized carbons (Fsp3) is 0.471. The lowest BCUT2D eigenvalue weighted by Gasteiger charge is -2.30. The molecule has 0 radical (unpaired) electrons. The summed E-state index contributed by atoms with van der Waals surface area (Å²) in [4.78, 5) is 4.10. The Morgan fingerprint density at radius 2 is 1.69 bits per heavy atom. The molecule has 2 heterocycles. The molecule has 9 heteroatoms. The topological polar surface area (TPSA) is 89.3 Å². The first-order valence-electron chi connectivity index (χ1n) is 8.46. The van der Waals surface area contributed by atoms with Gasteiger partial charge in [-0.3, -0.25) is 0 Å². The molecular formula is C17H23N3O4S2. The van der Waals surface area contributed by atoms with Gasteiger partial charge in [0.1, 0.15) is 5.82 Å². The van der Waals surface area contributed by atoms with E-state index in [1.165, 1.54) is 10.5 Å². The lowest BCUT2D eigenvalue weighted by atomic mass is 10.2. The van der Waals surface area contributed by atoms with Crippen LogP contribution < -0.4 is 0 Å². The Labute approximate surface area is 154 Å². The van der Waals surface area contributed by atoms with Crippen LogP contribution in [0.5, 0.6) is 0 Å². The van der Waals surface area contributed by atoms with Crippen molar-refractivity contribution in [3.8, 4) is 0 Å². The molecule has 142 valence electrons. The monoisotopic (exact) mass is 397 g/mol. The van der Waals surface area contributed by atoms with E-state index in [1.807, 2.05) is 18.2 Å². The molecule has 0 amide bonds. The minimum atomic E-state index is -3.68. The molecule has 1 aromatic heterocycles. The van der Waals surface area contributed by atoms with Crippen LogP contribution in [0.3, 0.4) is 0 Å². The van der Waals surface area contributed by atoms with Gasteiger partial charge in [0.2, 0.25) is 0 Å². The molecule has 1 aromatic carbocycles. The number of aromatic nitrogens is 2. The fourth-order valence-electron chi connectivity index (χ4n) is 3.14. The lowest BCUT2D eigenvalue weighted by molar-refractivity contribution is 0.344. The molecule has 1 fully saturated rings. The van der Waals surface area contributed by atoms with E-state index in [2.05, 4.69) is 4.98 Å².